The van der Waals surface area contributed by atoms with E-state index in [0.29, 0.717) is 31.6 Å². The van der Waals surface area contributed by atoms with E-state index >= 15 is 0 Å². The van der Waals surface area contributed by atoms with Crippen molar-refractivity contribution in [1.29, 1.82) is 0 Å². The third kappa shape index (κ3) is 82.9. The molecule has 0 aromatic rings. The molecule has 0 saturated carbocycles. The molecular weight excluding hydrogens is 1440 g/mol. The van der Waals surface area contributed by atoms with Crippen molar-refractivity contribution in [3.63, 3.8) is 0 Å². The van der Waals surface area contributed by atoms with E-state index < -0.39 is 97.5 Å². The predicted molar refractivity (Wildman–Crippen MR) is 460 cm³/mol. The molecule has 0 spiro atoms. The summed E-state index contributed by atoms with van der Waals surface area (Å²) in [4.78, 5) is 73.4. The Morgan fingerprint density at radius 3 is 0.640 bits per heavy atom. The fourth-order valence-electron chi connectivity index (χ4n) is 14.3. The molecule has 0 amide bonds. The Balaban J connectivity index is 5.22. The topological polar surface area (TPSA) is 237 Å². The Labute approximate surface area is 683 Å². The number of phosphoric ester groups is 2. The van der Waals surface area contributed by atoms with E-state index in [1.807, 2.05) is 0 Å². The molecule has 0 fully saturated rings. The summed E-state index contributed by atoms with van der Waals surface area (Å²) in [6.45, 7) is 14.4. The highest BCUT2D eigenvalue weighted by atomic mass is 31.2. The van der Waals surface area contributed by atoms with Crippen molar-refractivity contribution in [2.24, 2.45) is 23.7 Å². The molecule has 0 saturated heterocycles. The van der Waals surface area contributed by atoms with Crippen LogP contribution in [0.4, 0.5) is 0 Å². The minimum atomic E-state index is -4.97. The molecule has 0 rings (SSSR count). The Bertz CT molecular complexity index is 2150. The third-order valence-corrected chi connectivity index (χ3v) is 24.2. The third-order valence-electron chi connectivity index (χ3n) is 22.3. The van der Waals surface area contributed by atoms with Crippen molar-refractivity contribution in [2.75, 3.05) is 39.6 Å². The summed E-state index contributed by atoms with van der Waals surface area (Å²) >= 11 is 0. The van der Waals surface area contributed by atoms with E-state index in [1.54, 1.807) is 0 Å². The summed E-state index contributed by atoms with van der Waals surface area (Å²) in [6.07, 6.45) is 72.3. The number of hydrogen-bond acceptors (Lipinski definition) is 15. The van der Waals surface area contributed by atoms with Crippen LogP contribution in [0, 0.1) is 23.7 Å². The second-order valence-electron chi connectivity index (χ2n) is 34.5. The van der Waals surface area contributed by atoms with Crippen molar-refractivity contribution in [2.45, 2.75) is 504 Å². The van der Waals surface area contributed by atoms with Gasteiger partial charge in [0, 0.05) is 25.7 Å². The van der Waals surface area contributed by atoms with E-state index in [9.17, 15) is 43.2 Å². The van der Waals surface area contributed by atoms with E-state index in [2.05, 4.69) is 55.4 Å². The van der Waals surface area contributed by atoms with E-state index in [1.165, 1.54) is 283 Å². The molecule has 0 aliphatic rings. The Morgan fingerprint density at radius 1 is 0.252 bits per heavy atom. The molecule has 0 radical (unpaired) electrons. The Morgan fingerprint density at radius 2 is 0.432 bits per heavy atom. The lowest BCUT2D eigenvalue weighted by Gasteiger charge is -2.21. The lowest BCUT2D eigenvalue weighted by Crippen LogP contribution is -2.30. The molecule has 0 heterocycles. The summed E-state index contributed by atoms with van der Waals surface area (Å²) in [5, 5.41) is 10.7. The van der Waals surface area contributed by atoms with E-state index in [-0.39, 0.29) is 25.7 Å². The minimum absolute atomic E-state index is 0.107. The first-order chi connectivity index (χ1) is 53.7. The van der Waals surface area contributed by atoms with Crippen molar-refractivity contribution < 1.29 is 80.2 Å². The van der Waals surface area contributed by atoms with Gasteiger partial charge in [-0.2, -0.15) is 0 Å². The number of carbonyl (C=O) groups is 4. The van der Waals surface area contributed by atoms with Crippen molar-refractivity contribution in [1.82, 2.24) is 0 Å². The van der Waals surface area contributed by atoms with Gasteiger partial charge in [-0.3, -0.25) is 37.3 Å². The number of esters is 4. The fraction of sp³-hybridized carbons (Fsp3) is 0.957. The quantitative estimate of drug-likeness (QED) is 0.0222. The Kier molecular flexibility index (Phi) is 79.1. The maximum atomic E-state index is 13.2. The maximum Gasteiger partial charge on any atom is 0.472 e. The molecule has 17 nitrogen and oxygen atoms in total. The van der Waals surface area contributed by atoms with Gasteiger partial charge in [-0.05, 0) is 49.4 Å². The summed E-state index contributed by atoms with van der Waals surface area (Å²) in [6, 6.07) is 0. The smallest absolute Gasteiger partial charge is 0.462 e. The summed E-state index contributed by atoms with van der Waals surface area (Å²) in [5.41, 5.74) is 0. The van der Waals surface area contributed by atoms with Crippen LogP contribution in [0.25, 0.3) is 0 Å². The van der Waals surface area contributed by atoms with Gasteiger partial charge in [-0.25, -0.2) is 9.13 Å². The highest BCUT2D eigenvalue weighted by Gasteiger charge is 2.31. The minimum Gasteiger partial charge on any atom is -0.462 e. The van der Waals surface area contributed by atoms with Gasteiger partial charge in [0.05, 0.1) is 26.4 Å². The molecule has 660 valence electrons. The van der Waals surface area contributed by atoms with Crippen LogP contribution in [-0.2, 0) is 65.4 Å². The summed E-state index contributed by atoms with van der Waals surface area (Å²) in [5.74, 6) is 1.14. The van der Waals surface area contributed by atoms with Gasteiger partial charge in [-0.1, -0.05) is 434 Å². The zero-order chi connectivity index (χ0) is 81.6. The zero-order valence-electron chi connectivity index (χ0n) is 73.6. The maximum absolute atomic E-state index is 13.2. The van der Waals surface area contributed by atoms with Crippen LogP contribution in [0.5, 0.6) is 0 Å². The van der Waals surface area contributed by atoms with Gasteiger partial charge in [0.15, 0.2) is 12.2 Å². The molecule has 0 aliphatic heterocycles. The van der Waals surface area contributed by atoms with Gasteiger partial charge < -0.3 is 33.8 Å². The molecule has 3 N–H and O–H groups in total. The lowest BCUT2D eigenvalue weighted by molar-refractivity contribution is -0.161. The predicted octanol–water partition coefficient (Wildman–Crippen LogP) is 28.3. The lowest BCUT2D eigenvalue weighted by atomic mass is 9.99. The number of aliphatic hydroxyl groups is 1. The molecule has 19 heteroatoms. The first kappa shape index (κ1) is 109. The number of rotatable bonds is 89. The number of phosphoric acid groups is 2. The van der Waals surface area contributed by atoms with Gasteiger partial charge in [-0.15, -0.1) is 0 Å². The van der Waals surface area contributed by atoms with Crippen LogP contribution in [0.2, 0.25) is 0 Å². The molecule has 0 aromatic carbocycles. The normalized spacial score (nSPS) is 14.3. The van der Waals surface area contributed by atoms with Crippen LogP contribution < -0.4 is 0 Å². The largest absolute Gasteiger partial charge is 0.472 e. The van der Waals surface area contributed by atoms with Crippen LogP contribution in [0.1, 0.15) is 486 Å². The monoisotopic (exact) mass is 1620 g/mol. The average Bonchev–Trinajstić information content (AvgIpc) is 0.897. The molecule has 111 heavy (non-hydrogen) atoms. The number of hydrogen-bond donors (Lipinski definition) is 3. The van der Waals surface area contributed by atoms with Gasteiger partial charge in [0.2, 0.25) is 0 Å². The molecule has 5 unspecified atom stereocenters. The van der Waals surface area contributed by atoms with Crippen molar-refractivity contribution in [3.8, 4) is 0 Å². The SMILES string of the molecule is CCC(C)CCCCCCCCCCCCCCCCCCCCC(=O)O[C@H](COC(=O)CCCCCCCCCCCCCCCCCCCCC(C)C)COP(=O)(O)OCC(O)COP(=O)(O)OC[C@@H](COC(=O)CCCCCCCCCC(C)C)OC(=O)CCCCCCCCCCCCCCCCC(C)CC. The zero-order valence-corrected chi connectivity index (χ0v) is 75.4. The van der Waals surface area contributed by atoms with Crippen LogP contribution in [0.3, 0.4) is 0 Å². The van der Waals surface area contributed by atoms with Crippen molar-refractivity contribution >= 4 is 39.5 Å². The Hall–Kier alpha value is -1.94. The highest BCUT2D eigenvalue weighted by molar-refractivity contribution is 7.47. The number of ether oxygens (including phenoxy) is 4. The first-order valence-corrected chi connectivity index (χ1v) is 50.3. The van der Waals surface area contributed by atoms with Crippen LogP contribution in [-0.4, -0.2) is 96.7 Å². The molecule has 0 aliphatic carbocycles. The van der Waals surface area contributed by atoms with Gasteiger partial charge in [0.1, 0.15) is 19.3 Å². The van der Waals surface area contributed by atoms with Gasteiger partial charge >= 0.3 is 39.5 Å². The van der Waals surface area contributed by atoms with Crippen molar-refractivity contribution in [3.05, 3.63) is 0 Å². The van der Waals surface area contributed by atoms with E-state index in [0.717, 1.165) is 114 Å². The number of carbonyl (C=O) groups excluding carboxylic acids is 4. The number of unbranched alkanes of at least 4 members (excludes halogenated alkanes) is 53. The van der Waals surface area contributed by atoms with Crippen LogP contribution >= 0.6 is 15.6 Å². The first-order valence-electron chi connectivity index (χ1n) is 47.3. The summed E-state index contributed by atoms with van der Waals surface area (Å²) in [7, 11) is -9.94. The highest BCUT2D eigenvalue weighted by Crippen LogP contribution is 2.45. The second-order valence-corrected chi connectivity index (χ2v) is 37.4. The summed E-state index contributed by atoms with van der Waals surface area (Å²) < 4.78 is 69.1. The average molecular weight is 1620 g/mol. The molecule has 0 aromatic heterocycles. The fourth-order valence-corrected chi connectivity index (χ4v) is 15.9. The number of aliphatic hydroxyl groups excluding tert-OH is 1. The second kappa shape index (κ2) is 80.5. The van der Waals surface area contributed by atoms with E-state index in [4.69, 9.17) is 37.0 Å². The molecule has 0 bridgehead atoms. The van der Waals surface area contributed by atoms with Crippen LogP contribution in [0.15, 0.2) is 0 Å². The standard InChI is InChI=1S/C92H180O17P2/c1-9-84(7)70-62-54-46-38-32-26-20-16-12-14-18-22-29-35-41-49-58-66-74-91(96)108-87(78-102-89(94)72-64-56-48-40-34-28-21-17-13-11-15-19-25-31-37-44-52-60-68-82(3)4)80-106-110(98,99)104-76-86(93)77-105-111(100,101)107-81-88(79-103-90(95)73-65-57-51-43-45-53-61-69-83(5)6)109-92(97)75-67-59-50-42-36-30-24-23-27-33-39-47-55-63-71-85(8)10-2/h82-88,93H,9-81H2,1-8H3,(H,98,99)(H,100,101)/t84?,85?,86?,87-,88-/m1/s1. The van der Waals surface area contributed by atoms with Gasteiger partial charge in [0.25, 0.3) is 0 Å². The molecule has 7 atom stereocenters. The molecular formula is C92H180O17P2.